The zero-order chi connectivity index (χ0) is 10.6. The van der Waals surface area contributed by atoms with Crippen molar-refractivity contribution in [2.75, 3.05) is 24.7 Å². The maximum absolute atomic E-state index is 11.9. The first-order valence-electron chi connectivity index (χ1n) is 4.09. The van der Waals surface area contributed by atoms with Crippen molar-refractivity contribution in [3.8, 4) is 5.75 Å². The topological polar surface area (TPSA) is 47.3 Å². The van der Waals surface area contributed by atoms with Gasteiger partial charge in [-0.3, -0.25) is 0 Å². The Morgan fingerprint density at radius 3 is 2.79 bits per heavy atom. The zero-order valence-electron chi connectivity index (χ0n) is 7.76. The lowest BCUT2D eigenvalue weighted by Crippen LogP contribution is -2.11. The molecule has 0 spiro atoms. The first kappa shape index (κ1) is 10.6. The summed E-state index contributed by atoms with van der Waals surface area (Å²) in [4.78, 5) is 0. The van der Waals surface area contributed by atoms with Gasteiger partial charge in [0.15, 0.2) is 0 Å². The van der Waals surface area contributed by atoms with E-state index < -0.39 is 13.0 Å². The number of para-hydroxylation sites is 1. The lowest BCUT2D eigenvalue weighted by Gasteiger charge is -2.11. The van der Waals surface area contributed by atoms with Crippen molar-refractivity contribution < 1.29 is 13.5 Å². The summed E-state index contributed by atoms with van der Waals surface area (Å²) in [5.41, 5.74) is 6.45. The van der Waals surface area contributed by atoms with Crippen molar-refractivity contribution in [2.24, 2.45) is 0 Å². The molecule has 78 valence electrons. The molecule has 0 amide bonds. The number of anilines is 2. The van der Waals surface area contributed by atoms with Gasteiger partial charge in [0.25, 0.3) is 6.43 Å². The molecular weight excluding hydrogens is 190 g/mol. The number of methoxy groups -OCH3 is 1. The van der Waals surface area contributed by atoms with Gasteiger partial charge in [0.1, 0.15) is 5.75 Å². The quantitative estimate of drug-likeness (QED) is 0.733. The standard InChI is InChI=1S/C9H12F2N2O/c1-14-7-4-2-3-6(9(7)12)13-5-8(10)11/h2-4,8,13H,5,12H2,1H3. The fourth-order valence-electron chi connectivity index (χ4n) is 1.06. The molecule has 0 radical (unpaired) electrons. The van der Waals surface area contributed by atoms with E-state index in [9.17, 15) is 8.78 Å². The molecule has 0 saturated carbocycles. The number of nitrogens with one attached hydrogen (secondary N) is 1. The lowest BCUT2D eigenvalue weighted by atomic mass is 10.2. The number of benzene rings is 1. The van der Waals surface area contributed by atoms with Crippen LogP contribution in [0, 0.1) is 0 Å². The molecule has 0 aliphatic rings. The predicted molar refractivity (Wildman–Crippen MR) is 51.9 cm³/mol. The molecule has 3 N–H and O–H groups in total. The molecule has 1 aromatic rings. The summed E-state index contributed by atoms with van der Waals surface area (Å²) in [7, 11) is 1.47. The Morgan fingerprint density at radius 2 is 2.21 bits per heavy atom. The molecule has 0 aromatic heterocycles. The normalized spacial score (nSPS) is 10.3. The van der Waals surface area contributed by atoms with E-state index in [2.05, 4.69) is 5.32 Å². The van der Waals surface area contributed by atoms with Gasteiger partial charge in [0.05, 0.1) is 25.0 Å². The molecule has 0 unspecified atom stereocenters. The number of nitrogen functional groups attached to an aromatic ring is 1. The maximum atomic E-state index is 11.9. The van der Waals surface area contributed by atoms with Crippen LogP contribution in [0.15, 0.2) is 18.2 Å². The van der Waals surface area contributed by atoms with Gasteiger partial charge in [0.2, 0.25) is 0 Å². The highest BCUT2D eigenvalue weighted by Crippen LogP contribution is 2.28. The summed E-state index contributed by atoms with van der Waals surface area (Å²) in [6.07, 6.45) is -2.40. The molecular formula is C9H12F2N2O. The van der Waals surface area contributed by atoms with Crippen LogP contribution < -0.4 is 15.8 Å². The Morgan fingerprint density at radius 1 is 1.50 bits per heavy atom. The molecule has 1 rings (SSSR count). The second-order valence-corrected chi connectivity index (χ2v) is 2.69. The predicted octanol–water partition coefficient (Wildman–Crippen LogP) is 1.95. The minimum absolute atomic E-state index is 0.343. The van der Waals surface area contributed by atoms with E-state index in [1.165, 1.54) is 7.11 Å². The van der Waals surface area contributed by atoms with Gasteiger partial charge in [-0.05, 0) is 12.1 Å². The molecule has 0 bridgehead atoms. The molecule has 14 heavy (non-hydrogen) atoms. The Labute approximate surface area is 80.9 Å². The van der Waals surface area contributed by atoms with Crippen LogP contribution in [0.1, 0.15) is 0 Å². The van der Waals surface area contributed by atoms with E-state index in [0.717, 1.165) is 0 Å². The van der Waals surface area contributed by atoms with Crippen LogP contribution in [-0.4, -0.2) is 20.1 Å². The van der Waals surface area contributed by atoms with Crippen molar-refractivity contribution >= 4 is 11.4 Å². The van der Waals surface area contributed by atoms with Gasteiger partial charge >= 0.3 is 0 Å². The fourth-order valence-corrected chi connectivity index (χ4v) is 1.06. The highest BCUT2D eigenvalue weighted by molar-refractivity contribution is 5.72. The number of ether oxygens (including phenoxy) is 1. The summed E-state index contributed by atoms with van der Waals surface area (Å²) in [5.74, 6) is 0.476. The Balaban J connectivity index is 2.76. The van der Waals surface area contributed by atoms with E-state index in [1.807, 2.05) is 0 Å². The molecule has 0 heterocycles. The number of hydrogen-bond acceptors (Lipinski definition) is 3. The van der Waals surface area contributed by atoms with E-state index in [0.29, 0.717) is 17.1 Å². The number of rotatable bonds is 4. The van der Waals surface area contributed by atoms with Crippen LogP contribution in [0.5, 0.6) is 5.75 Å². The third-order valence-electron chi connectivity index (χ3n) is 1.73. The fraction of sp³-hybridized carbons (Fsp3) is 0.333. The largest absolute Gasteiger partial charge is 0.495 e. The molecule has 0 aliphatic heterocycles. The van der Waals surface area contributed by atoms with Gasteiger partial charge in [-0.1, -0.05) is 6.07 Å². The SMILES string of the molecule is COc1cccc(NCC(F)F)c1N. The summed E-state index contributed by atoms with van der Waals surface area (Å²) < 4.78 is 28.7. The monoisotopic (exact) mass is 202 g/mol. The van der Waals surface area contributed by atoms with Gasteiger partial charge in [-0.2, -0.15) is 0 Å². The van der Waals surface area contributed by atoms with Crippen LogP contribution in [0.25, 0.3) is 0 Å². The summed E-state index contributed by atoms with van der Waals surface area (Å²) in [6, 6.07) is 4.98. The maximum Gasteiger partial charge on any atom is 0.255 e. The van der Waals surface area contributed by atoms with Crippen molar-refractivity contribution in [1.29, 1.82) is 0 Å². The molecule has 0 saturated heterocycles. The van der Waals surface area contributed by atoms with Gasteiger partial charge in [-0.25, -0.2) is 8.78 Å². The molecule has 5 heteroatoms. The van der Waals surface area contributed by atoms with Crippen LogP contribution >= 0.6 is 0 Å². The first-order chi connectivity index (χ1) is 6.65. The van der Waals surface area contributed by atoms with Gasteiger partial charge < -0.3 is 15.8 Å². The van der Waals surface area contributed by atoms with Crippen molar-refractivity contribution in [1.82, 2.24) is 0 Å². The summed E-state index contributed by atoms with van der Waals surface area (Å²) in [6.45, 7) is -0.419. The average molecular weight is 202 g/mol. The Kier molecular flexibility index (Phi) is 3.50. The van der Waals surface area contributed by atoms with Gasteiger partial charge in [-0.15, -0.1) is 0 Å². The number of nitrogens with two attached hydrogens (primary N) is 1. The van der Waals surface area contributed by atoms with Crippen LogP contribution in [0.3, 0.4) is 0 Å². The smallest absolute Gasteiger partial charge is 0.255 e. The van der Waals surface area contributed by atoms with Crippen LogP contribution in [0.2, 0.25) is 0 Å². The lowest BCUT2D eigenvalue weighted by molar-refractivity contribution is 0.163. The van der Waals surface area contributed by atoms with E-state index in [1.54, 1.807) is 18.2 Å². The third-order valence-corrected chi connectivity index (χ3v) is 1.73. The third kappa shape index (κ3) is 2.48. The minimum Gasteiger partial charge on any atom is -0.495 e. The van der Waals surface area contributed by atoms with Crippen LogP contribution in [-0.2, 0) is 0 Å². The molecule has 0 atom stereocenters. The van der Waals surface area contributed by atoms with Crippen molar-refractivity contribution in [3.63, 3.8) is 0 Å². The zero-order valence-corrected chi connectivity index (χ0v) is 7.76. The van der Waals surface area contributed by atoms with E-state index in [-0.39, 0.29) is 0 Å². The first-order valence-corrected chi connectivity index (χ1v) is 4.09. The summed E-state index contributed by atoms with van der Waals surface area (Å²) >= 11 is 0. The Hall–Kier alpha value is -1.52. The second-order valence-electron chi connectivity index (χ2n) is 2.69. The number of hydrogen-bond donors (Lipinski definition) is 2. The Bertz CT molecular complexity index is 305. The van der Waals surface area contributed by atoms with Crippen molar-refractivity contribution in [2.45, 2.75) is 6.43 Å². The highest BCUT2D eigenvalue weighted by atomic mass is 19.3. The molecule has 0 fully saturated rings. The van der Waals surface area contributed by atoms with Gasteiger partial charge in [0, 0.05) is 0 Å². The molecule has 3 nitrogen and oxygen atoms in total. The van der Waals surface area contributed by atoms with E-state index >= 15 is 0 Å². The van der Waals surface area contributed by atoms with E-state index in [4.69, 9.17) is 10.5 Å². The minimum atomic E-state index is -2.40. The van der Waals surface area contributed by atoms with Crippen molar-refractivity contribution in [3.05, 3.63) is 18.2 Å². The second kappa shape index (κ2) is 4.64. The highest BCUT2D eigenvalue weighted by Gasteiger charge is 2.06. The van der Waals surface area contributed by atoms with Crippen LogP contribution in [0.4, 0.5) is 20.2 Å². The summed E-state index contributed by atoms with van der Waals surface area (Å²) in [5, 5.41) is 2.53. The number of alkyl halides is 2. The molecule has 0 aliphatic carbocycles. The average Bonchev–Trinajstić information content (AvgIpc) is 2.16. The number of halogens is 2. The molecule has 1 aromatic carbocycles.